The van der Waals surface area contributed by atoms with Gasteiger partial charge in [-0.15, -0.1) is 0 Å². The maximum atomic E-state index is 12.3. The summed E-state index contributed by atoms with van der Waals surface area (Å²) in [4.78, 5) is 42.5. The minimum Gasteiger partial charge on any atom is -0.452 e. The molecular weight excluding hydrogens is 424 g/mol. The molecule has 0 radical (unpaired) electrons. The summed E-state index contributed by atoms with van der Waals surface area (Å²) in [7, 11) is 1.75. The zero-order valence-electron chi connectivity index (χ0n) is 18.5. The fraction of sp³-hybridized carbons (Fsp3) is 0.333. The van der Waals surface area contributed by atoms with Crippen LogP contribution in [-0.4, -0.2) is 48.4 Å². The number of carbonyl (C=O) groups is 3. The van der Waals surface area contributed by atoms with Gasteiger partial charge in [0.25, 0.3) is 5.91 Å². The van der Waals surface area contributed by atoms with Crippen LogP contribution in [0.1, 0.15) is 52.8 Å². The normalized spacial score (nSPS) is 13.6. The van der Waals surface area contributed by atoms with Gasteiger partial charge < -0.3 is 25.8 Å². The molecule has 0 aliphatic heterocycles. The van der Waals surface area contributed by atoms with Crippen molar-refractivity contribution >= 4 is 29.5 Å². The molecule has 0 bridgehead atoms. The number of carbonyl (C=O) groups excluding carboxylic acids is 3. The lowest BCUT2D eigenvalue weighted by Gasteiger charge is -2.31. The van der Waals surface area contributed by atoms with Gasteiger partial charge in [0.2, 0.25) is 0 Å². The second-order valence-corrected chi connectivity index (χ2v) is 7.87. The molecule has 2 aromatic carbocycles. The van der Waals surface area contributed by atoms with Crippen LogP contribution in [-0.2, 0) is 9.53 Å². The van der Waals surface area contributed by atoms with Crippen LogP contribution < -0.4 is 16.2 Å². The molecule has 1 amide bonds. The van der Waals surface area contributed by atoms with Gasteiger partial charge in [0.05, 0.1) is 16.8 Å². The third kappa shape index (κ3) is 6.80. The van der Waals surface area contributed by atoms with E-state index in [4.69, 9.17) is 20.9 Å². The molecule has 2 aromatic rings. The van der Waals surface area contributed by atoms with Crippen LogP contribution in [0.15, 0.2) is 53.5 Å². The molecule has 3 rings (SSSR count). The average molecular weight is 453 g/mol. The molecule has 0 spiro atoms. The minimum absolute atomic E-state index is 0.0791. The maximum absolute atomic E-state index is 12.3. The Morgan fingerprint density at radius 2 is 1.48 bits per heavy atom. The summed E-state index contributed by atoms with van der Waals surface area (Å²) in [6.07, 6.45) is 5.39. The van der Waals surface area contributed by atoms with E-state index < -0.39 is 11.9 Å². The molecule has 4 N–H and O–H groups in total. The lowest BCUT2D eigenvalue weighted by atomic mass is 9.94. The molecule has 0 heterocycles. The zero-order chi connectivity index (χ0) is 23.8. The highest BCUT2D eigenvalue weighted by molar-refractivity contribution is 5.93. The Balaban J connectivity index is 1.50. The van der Waals surface area contributed by atoms with Crippen molar-refractivity contribution in [3.05, 3.63) is 59.7 Å². The van der Waals surface area contributed by atoms with Gasteiger partial charge in [-0.25, -0.2) is 14.6 Å². The van der Waals surface area contributed by atoms with Crippen LogP contribution >= 0.6 is 0 Å². The standard InChI is InChI=1S/C24H28N4O5/c1-28(19-5-3-2-4-6-19)21(29)15-32-22(30)16-9-13-20(14-10-16)33-23(31)17-7-11-18(12-8-17)27-24(25)26/h7-14,19H,2-6,15H2,1H3,(H4,25,26,27). The number of hydrogen-bond donors (Lipinski definition) is 2. The van der Waals surface area contributed by atoms with Crippen LogP contribution in [0.5, 0.6) is 5.75 Å². The number of hydrogen-bond acceptors (Lipinski definition) is 6. The number of ether oxygens (including phenoxy) is 2. The van der Waals surface area contributed by atoms with Crippen molar-refractivity contribution in [1.29, 1.82) is 0 Å². The van der Waals surface area contributed by atoms with Gasteiger partial charge >= 0.3 is 11.9 Å². The third-order valence-electron chi connectivity index (χ3n) is 5.50. The first-order valence-corrected chi connectivity index (χ1v) is 10.8. The van der Waals surface area contributed by atoms with E-state index >= 15 is 0 Å². The summed E-state index contributed by atoms with van der Waals surface area (Å²) in [5.41, 5.74) is 11.7. The molecule has 33 heavy (non-hydrogen) atoms. The second kappa shape index (κ2) is 11.1. The smallest absolute Gasteiger partial charge is 0.343 e. The van der Waals surface area contributed by atoms with Crippen LogP contribution in [0.3, 0.4) is 0 Å². The maximum Gasteiger partial charge on any atom is 0.343 e. The molecule has 1 aliphatic rings. The van der Waals surface area contributed by atoms with Crippen molar-refractivity contribution in [1.82, 2.24) is 4.90 Å². The van der Waals surface area contributed by atoms with E-state index in [1.54, 1.807) is 24.1 Å². The number of guanidine groups is 1. The molecule has 174 valence electrons. The summed E-state index contributed by atoms with van der Waals surface area (Å²) in [6.45, 7) is -0.307. The van der Waals surface area contributed by atoms with Crippen molar-refractivity contribution in [3.8, 4) is 5.75 Å². The molecule has 0 unspecified atom stereocenters. The largest absolute Gasteiger partial charge is 0.452 e. The predicted molar refractivity (Wildman–Crippen MR) is 123 cm³/mol. The Morgan fingerprint density at radius 1 is 0.909 bits per heavy atom. The number of benzene rings is 2. The fourth-order valence-electron chi connectivity index (χ4n) is 3.63. The Kier molecular flexibility index (Phi) is 8.01. The monoisotopic (exact) mass is 452 g/mol. The summed E-state index contributed by atoms with van der Waals surface area (Å²) < 4.78 is 10.5. The number of nitrogens with two attached hydrogens (primary N) is 2. The van der Waals surface area contributed by atoms with Crippen LogP contribution in [0.4, 0.5) is 5.69 Å². The van der Waals surface area contributed by atoms with Crippen molar-refractivity contribution in [2.45, 2.75) is 38.1 Å². The molecule has 9 nitrogen and oxygen atoms in total. The summed E-state index contributed by atoms with van der Waals surface area (Å²) >= 11 is 0. The quantitative estimate of drug-likeness (QED) is 0.285. The molecule has 1 aliphatic carbocycles. The van der Waals surface area contributed by atoms with Crippen molar-refractivity contribution in [2.24, 2.45) is 16.5 Å². The highest BCUT2D eigenvalue weighted by Gasteiger charge is 2.23. The Hall–Kier alpha value is -3.88. The van der Waals surface area contributed by atoms with Gasteiger partial charge in [0.1, 0.15) is 5.75 Å². The zero-order valence-corrected chi connectivity index (χ0v) is 18.5. The number of amides is 1. The van der Waals surface area contributed by atoms with E-state index in [1.165, 1.54) is 42.8 Å². The second-order valence-electron chi connectivity index (χ2n) is 7.87. The molecule has 0 saturated heterocycles. The first-order valence-electron chi connectivity index (χ1n) is 10.8. The van der Waals surface area contributed by atoms with Gasteiger partial charge in [0, 0.05) is 13.1 Å². The molecule has 0 aromatic heterocycles. The van der Waals surface area contributed by atoms with Gasteiger partial charge in [0.15, 0.2) is 12.6 Å². The van der Waals surface area contributed by atoms with Crippen molar-refractivity contribution in [3.63, 3.8) is 0 Å². The number of likely N-dealkylation sites (N-methyl/N-ethyl adjacent to an activating group) is 1. The van der Waals surface area contributed by atoms with Crippen LogP contribution in [0, 0.1) is 0 Å². The van der Waals surface area contributed by atoms with E-state index in [2.05, 4.69) is 4.99 Å². The number of rotatable bonds is 7. The molecule has 1 fully saturated rings. The first kappa shape index (κ1) is 23.8. The predicted octanol–water partition coefficient (Wildman–Crippen LogP) is 2.76. The van der Waals surface area contributed by atoms with E-state index in [0.29, 0.717) is 11.3 Å². The van der Waals surface area contributed by atoms with Crippen molar-refractivity contribution < 1.29 is 23.9 Å². The average Bonchev–Trinajstić information content (AvgIpc) is 2.83. The van der Waals surface area contributed by atoms with Crippen LogP contribution in [0.25, 0.3) is 0 Å². The summed E-state index contributed by atoms with van der Waals surface area (Å²) in [5, 5.41) is 0. The Morgan fingerprint density at radius 3 is 2.09 bits per heavy atom. The number of esters is 2. The fourth-order valence-corrected chi connectivity index (χ4v) is 3.63. The molecule has 0 atom stereocenters. The molecule has 1 saturated carbocycles. The first-order chi connectivity index (χ1) is 15.8. The lowest BCUT2D eigenvalue weighted by Crippen LogP contribution is -2.40. The van der Waals surface area contributed by atoms with Gasteiger partial charge in [-0.1, -0.05) is 19.3 Å². The van der Waals surface area contributed by atoms with E-state index in [0.717, 1.165) is 25.7 Å². The van der Waals surface area contributed by atoms with Crippen LogP contribution in [0.2, 0.25) is 0 Å². The highest BCUT2D eigenvalue weighted by Crippen LogP contribution is 2.22. The van der Waals surface area contributed by atoms with E-state index in [-0.39, 0.29) is 35.8 Å². The van der Waals surface area contributed by atoms with Gasteiger partial charge in [-0.3, -0.25) is 4.79 Å². The van der Waals surface area contributed by atoms with E-state index in [9.17, 15) is 14.4 Å². The molecule has 9 heteroatoms. The van der Waals surface area contributed by atoms with E-state index in [1.807, 2.05) is 0 Å². The number of aliphatic imine (C=N–C) groups is 1. The van der Waals surface area contributed by atoms with Gasteiger partial charge in [-0.2, -0.15) is 0 Å². The Bertz CT molecular complexity index is 1010. The summed E-state index contributed by atoms with van der Waals surface area (Å²) in [6, 6.07) is 12.4. The summed E-state index contributed by atoms with van der Waals surface area (Å²) in [5.74, 6) is -1.22. The topological polar surface area (TPSA) is 137 Å². The lowest BCUT2D eigenvalue weighted by molar-refractivity contribution is -0.135. The Labute approximate surface area is 192 Å². The molecular formula is C24H28N4O5. The highest BCUT2D eigenvalue weighted by atomic mass is 16.5. The third-order valence-corrected chi connectivity index (χ3v) is 5.50. The van der Waals surface area contributed by atoms with Gasteiger partial charge in [-0.05, 0) is 61.4 Å². The SMILES string of the molecule is CN(C(=O)COC(=O)c1ccc(OC(=O)c2ccc(N=C(N)N)cc2)cc1)C1CCCCC1. The van der Waals surface area contributed by atoms with Crippen molar-refractivity contribution in [2.75, 3.05) is 13.7 Å². The number of nitrogens with zero attached hydrogens (tertiary/aromatic N) is 2. The minimum atomic E-state index is -0.617.